The Hall–Kier alpha value is -2.25. The van der Waals surface area contributed by atoms with Crippen LogP contribution in [0, 0.1) is 6.92 Å². The lowest BCUT2D eigenvalue weighted by atomic mass is 10.2. The van der Waals surface area contributed by atoms with E-state index in [0.29, 0.717) is 43.3 Å². The number of anilines is 2. The first-order valence-corrected chi connectivity index (χ1v) is 11.6. The van der Waals surface area contributed by atoms with Gasteiger partial charge in [-0.15, -0.1) is 0 Å². The van der Waals surface area contributed by atoms with Crippen molar-refractivity contribution in [2.24, 2.45) is 0 Å². The maximum atomic E-state index is 12.6. The molecule has 6 nitrogen and oxygen atoms in total. The molecular formula is C21H26ClN3O3S. The molecule has 1 fully saturated rings. The lowest BCUT2D eigenvalue weighted by Gasteiger charge is -2.36. The van der Waals surface area contributed by atoms with Gasteiger partial charge in [0.2, 0.25) is 5.91 Å². The molecule has 1 aliphatic heterocycles. The number of hydrogen-bond donors (Lipinski definition) is 1. The van der Waals surface area contributed by atoms with Gasteiger partial charge in [0.1, 0.15) is 0 Å². The number of amides is 1. The zero-order valence-electron chi connectivity index (χ0n) is 16.7. The Morgan fingerprint density at radius 2 is 1.72 bits per heavy atom. The van der Waals surface area contributed by atoms with Gasteiger partial charge in [-0.2, -0.15) is 0 Å². The Kier molecular flexibility index (Phi) is 6.70. The molecule has 1 N–H and O–H groups in total. The van der Waals surface area contributed by atoms with Crippen LogP contribution in [0.3, 0.4) is 0 Å². The van der Waals surface area contributed by atoms with Gasteiger partial charge in [0.15, 0.2) is 0 Å². The van der Waals surface area contributed by atoms with Crippen LogP contribution in [-0.4, -0.2) is 45.4 Å². The first-order valence-electron chi connectivity index (χ1n) is 9.72. The number of carbonyl (C=O) groups is 1. The molecule has 1 saturated heterocycles. The number of carbonyl (C=O) groups excluding carboxylic acids is 1. The monoisotopic (exact) mass is 435 g/mol. The fourth-order valence-electron chi connectivity index (χ4n) is 3.33. The molecule has 1 aliphatic rings. The minimum absolute atomic E-state index is 0.194. The summed E-state index contributed by atoms with van der Waals surface area (Å²) in [6.45, 7) is 6.63. The Labute approximate surface area is 177 Å². The SMILES string of the molecule is CCCC(=O)N1CCN(c2ccc(NS(=O)(=O)c3ccc(C)cc3)cc2Cl)CC1. The molecule has 0 aromatic heterocycles. The summed E-state index contributed by atoms with van der Waals surface area (Å²) in [5.74, 6) is 0.194. The summed E-state index contributed by atoms with van der Waals surface area (Å²) in [7, 11) is -3.67. The lowest BCUT2D eigenvalue weighted by molar-refractivity contribution is -0.131. The average molecular weight is 436 g/mol. The van der Waals surface area contributed by atoms with Crippen LogP contribution in [0.5, 0.6) is 0 Å². The second-order valence-corrected chi connectivity index (χ2v) is 9.29. The lowest BCUT2D eigenvalue weighted by Crippen LogP contribution is -2.48. The van der Waals surface area contributed by atoms with Gasteiger partial charge in [-0.25, -0.2) is 8.42 Å². The summed E-state index contributed by atoms with van der Waals surface area (Å²) in [5.41, 5.74) is 2.25. The zero-order valence-corrected chi connectivity index (χ0v) is 18.3. The number of hydrogen-bond acceptors (Lipinski definition) is 4. The van der Waals surface area contributed by atoms with Crippen LogP contribution in [-0.2, 0) is 14.8 Å². The summed E-state index contributed by atoms with van der Waals surface area (Å²) in [5, 5.41) is 0.474. The number of rotatable bonds is 6. The topological polar surface area (TPSA) is 69.7 Å². The van der Waals surface area contributed by atoms with Crippen LogP contribution < -0.4 is 9.62 Å². The van der Waals surface area contributed by atoms with E-state index >= 15 is 0 Å². The maximum Gasteiger partial charge on any atom is 0.261 e. The Morgan fingerprint density at radius 1 is 1.07 bits per heavy atom. The first-order chi connectivity index (χ1) is 13.8. The highest BCUT2D eigenvalue weighted by atomic mass is 35.5. The van der Waals surface area contributed by atoms with Gasteiger partial charge >= 0.3 is 0 Å². The molecule has 0 unspecified atom stereocenters. The minimum atomic E-state index is -3.67. The molecule has 0 bridgehead atoms. The zero-order chi connectivity index (χ0) is 21.0. The van der Waals surface area contributed by atoms with Gasteiger partial charge in [-0.05, 0) is 43.7 Å². The summed E-state index contributed by atoms with van der Waals surface area (Å²) >= 11 is 6.45. The van der Waals surface area contributed by atoms with E-state index in [1.807, 2.05) is 24.8 Å². The highest BCUT2D eigenvalue weighted by molar-refractivity contribution is 7.92. The van der Waals surface area contributed by atoms with Crippen molar-refractivity contribution in [2.45, 2.75) is 31.6 Å². The van der Waals surface area contributed by atoms with Crippen LogP contribution in [0.25, 0.3) is 0 Å². The highest BCUT2D eigenvalue weighted by Gasteiger charge is 2.22. The van der Waals surface area contributed by atoms with E-state index in [2.05, 4.69) is 9.62 Å². The van der Waals surface area contributed by atoms with E-state index in [1.54, 1.807) is 36.4 Å². The standard InChI is InChI=1S/C21H26ClN3O3S/c1-3-4-21(26)25-13-11-24(12-14-25)20-10-7-17(15-19(20)22)23-29(27,28)18-8-5-16(2)6-9-18/h5-10,15,23H,3-4,11-14H2,1-2H3. The molecule has 2 aromatic rings. The number of nitrogens with one attached hydrogen (secondary N) is 1. The molecule has 0 saturated carbocycles. The molecule has 8 heteroatoms. The van der Waals surface area contributed by atoms with Crippen molar-refractivity contribution in [2.75, 3.05) is 35.8 Å². The van der Waals surface area contributed by atoms with Crippen molar-refractivity contribution in [3.8, 4) is 0 Å². The maximum absolute atomic E-state index is 12.6. The van der Waals surface area contributed by atoms with Gasteiger partial charge in [-0.3, -0.25) is 9.52 Å². The molecule has 3 rings (SSSR count). The van der Waals surface area contributed by atoms with Gasteiger partial charge in [0.25, 0.3) is 10.0 Å². The van der Waals surface area contributed by atoms with E-state index in [9.17, 15) is 13.2 Å². The number of piperazine rings is 1. The predicted molar refractivity (Wildman–Crippen MR) is 117 cm³/mol. The normalized spacial score (nSPS) is 14.7. The smallest absolute Gasteiger partial charge is 0.261 e. The average Bonchev–Trinajstić information content (AvgIpc) is 2.68. The molecule has 0 radical (unpaired) electrons. The van der Waals surface area contributed by atoms with E-state index in [1.165, 1.54) is 0 Å². The van der Waals surface area contributed by atoms with Crippen molar-refractivity contribution < 1.29 is 13.2 Å². The van der Waals surface area contributed by atoms with Gasteiger partial charge < -0.3 is 9.80 Å². The van der Waals surface area contributed by atoms with Crippen LogP contribution in [0.4, 0.5) is 11.4 Å². The highest BCUT2D eigenvalue weighted by Crippen LogP contribution is 2.30. The van der Waals surface area contributed by atoms with Crippen molar-refractivity contribution >= 4 is 38.9 Å². The summed E-state index contributed by atoms with van der Waals surface area (Å²) in [6, 6.07) is 11.8. The van der Waals surface area contributed by atoms with Crippen molar-refractivity contribution in [3.63, 3.8) is 0 Å². The number of nitrogens with zero attached hydrogens (tertiary/aromatic N) is 2. The van der Waals surface area contributed by atoms with Crippen LogP contribution in [0.1, 0.15) is 25.3 Å². The van der Waals surface area contributed by atoms with Gasteiger partial charge in [-0.1, -0.05) is 36.2 Å². The largest absolute Gasteiger partial charge is 0.367 e. The molecule has 0 spiro atoms. The molecule has 0 atom stereocenters. The van der Waals surface area contributed by atoms with Crippen molar-refractivity contribution in [1.82, 2.24) is 4.90 Å². The Balaban J connectivity index is 1.68. The van der Waals surface area contributed by atoms with Gasteiger partial charge in [0.05, 0.1) is 21.3 Å². The molecule has 1 amide bonds. The molecule has 2 aromatic carbocycles. The third-order valence-electron chi connectivity index (χ3n) is 4.97. The molecule has 156 valence electrons. The Morgan fingerprint density at radius 3 is 2.31 bits per heavy atom. The molecule has 0 aliphatic carbocycles. The van der Waals surface area contributed by atoms with Crippen LogP contribution in [0.2, 0.25) is 5.02 Å². The third kappa shape index (κ3) is 5.22. The van der Waals surface area contributed by atoms with E-state index < -0.39 is 10.0 Å². The fourth-order valence-corrected chi connectivity index (χ4v) is 4.68. The third-order valence-corrected chi connectivity index (χ3v) is 6.67. The predicted octanol–water partition coefficient (Wildman–Crippen LogP) is 3.90. The van der Waals surface area contributed by atoms with E-state index in [0.717, 1.165) is 17.7 Å². The van der Waals surface area contributed by atoms with Crippen molar-refractivity contribution in [3.05, 3.63) is 53.1 Å². The summed E-state index contributed by atoms with van der Waals surface area (Å²) in [4.78, 5) is 16.3. The second kappa shape index (κ2) is 9.05. The Bertz CT molecular complexity index is 969. The van der Waals surface area contributed by atoms with Crippen LogP contribution in [0.15, 0.2) is 47.4 Å². The molecule has 1 heterocycles. The molecular weight excluding hydrogens is 410 g/mol. The number of aryl methyl sites for hydroxylation is 1. The minimum Gasteiger partial charge on any atom is -0.367 e. The number of halogens is 1. The summed E-state index contributed by atoms with van der Waals surface area (Å²) < 4.78 is 27.7. The van der Waals surface area contributed by atoms with Crippen LogP contribution >= 0.6 is 11.6 Å². The van der Waals surface area contributed by atoms with E-state index in [-0.39, 0.29) is 10.8 Å². The quantitative estimate of drug-likeness (QED) is 0.747. The molecule has 29 heavy (non-hydrogen) atoms. The first kappa shape index (κ1) is 21.5. The van der Waals surface area contributed by atoms with E-state index in [4.69, 9.17) is 11.6 Å². The number of benzene rings is 2. The second-order valence-electron chi connectivity index (χ2n) is 7.20. The van der Waals surface area contributed by atoms with Crippen molar-refractivity contribution in [1.29, 1.82) is 0 Å². The van der Waals surface area contributed by atoms with Gasteiger partial charge in [0, 0.05) is 32.6 Å². The summed E-state index contributed by atoms with van der Waals surface area (Å²) in [6.07, 6.45) is 1.43. The number of sulfonamides is 1. The fraction of sp³-hybridized carbons (Fsp3) is 0.381.